The number of hydrogen-bond donors (Lipinski definition) is 3. The van der Waals surface area contributed by atoms with Crippen LogP contribution in [0.25, 0.3) is 0 Å². The number of carbonyl (C=O) groups excluding carboxylic acids is 4. The van der Waals surface area contributed by atoms with Gasteiger partial charge in [-0.05, 0) is 36.2 Å². The molecule has 0 radical (unpaired) electrons. The first-order valence-corrected chi connectivity index (χ1v) is 11.2. The number of rotatable bonds is 5. The highest BCUT2D eigenvalue weighted by Gasteiger charge is 2.70. The first-order chi connectivity index (χ1) is 16.2. The predicted molar refractivity (Wildman–Crippen MR) is 123 cm³/mol. The number of likely N-dealkylation sites (tertiary alicyclic amines) is 1. The SMILES string of the molecule is COc1ccc(CN2C(=O)[C@H]3[C@H](CC(N)=O)N[C@]4(C(=O)Nc5c4ccc(Cl)c5C)[C@@H]3C2=O)cc1. The minimum Gasteiger partial charge on any atom is -0.497 e. The molecule has 0 aliphatic carbocycles. The summed E-state index contributed by atoms with van der Waals surface area (Å²) in [4.78, 5) is 53.7. The summed E-state index contributed by atoms with van der Waals surface area (Å²) < 4.78 is 5.17. The Bertz CT molecular complexity index is 1250. The Hall–Kier alpha value is -3.43. The number of hydrogen-bond acceptors (Lipinski definition) is 6. The van der Waals surface area contributed by atoms with Gasteiger partial charge in [0.05, 0.1) is 31.2 Å². The van der Waals surface area contributed by atoms with Crippen molar-refractivity contribution in [2.75, 3.05) is 12.4 Å². The molecule has 3 aliphatic rings. The quantitative estimate of drug-likeness (QED) is 0.553. The third kappa shape index (κ3) is 3.04. The number of methoxy groups -OCH3 is 1. The monoisotopic (exact) mass is 482 g/mol. The number of imide groups is 1. The van der Waals surface area contributed by atoms with Gasteiger partial charge in [0.15, 0.2) is 0 Å². The Kier molecular flexibility index (Phi) is 5.14. The standard InChI is InChI=1S/C24H23ClN4O5/c1-11-15(25)8-7-14-20(11)27-23(33)24(14)19-18(16(28-24)9-17(26)30)21(31)29(22(19)32)10-12-3-5-13(34-2)6-4-12/h3-8,16,18-19,28H,9-10H2,1-2H3,(H2,26,30)(H,27,33)/t16-,18-,19-,24-/m0/s1. The number of halogens is 1. The van der Waals surface area contributed by atoms with Gasteiger partial charge in [-0.25, -0.2) is 0 Å². The van der Waals surface area contributed by atoms with E-state index < -0.39 is 47.0 Å². The van der Waals surface area contributed by atoms with E-state index in [1.165, 1.54) is 4.90 Å². The number of fused-ring (bicyclic) bond motifs is 4. The van der Waals surface area contributed by atoms with Crippen LogP contribution in [0.4, 0.5) is 5.69 Å². The highest BCUT2D eigenvalue weighted by atomic mass is 35.5. The fraction of sp³-hybridized carbons (Fsp3) is 0.333. The van der Waals surface area contributed by atoms with Crippen molar-refractivity contribution in [3.63, 3.8) is 0 Å². The Morgan fingerprint density at radius 2 is 1.85 bits per heavy atom. The molecule has 1 spiro atoms. The molecule has 0 unspecified atom stereocenters. The summed E-state index contributed by atoms with van der Waals surface area (Å²) in [5, 5.41) is 6.48. The maximum atomic E-state index is 13.7. The minimum absolute atomic E-state index is 0.0438. The molecule has 0 aromatic heterocycles. The van der Waals surface area contributed by atoms with Gasteiger partial charge in [0.1, 0.15) is 11.3 Å². The summed E-state index contributed by atoms with van der Waals surface area (Å²) in [5.41, 5.74) is 6.40. The minimum atomic E-state index is -1.50. The predicted octanol–water partition coefficient (Wildman–Crippen LogP) is 1.45. The van der Waals surface area contributed by atoms with Crippen molar-refractivity contribution in [3.05, 3.63) is 58.1 Å². The third-order valence-electron chi connectivity index (χ3n) is 7.10. The normalized spacial score (nSPS) is 27.2. The van der Waals surface area contributed by atoms with Crippen molar-refractivity contribution in [2.45, 2.75) is 31.5 Å². The summed E-state index contributed by atoms with van der Waals surface area (Å²) >= 11 is 6.26. The van der Waals surface area contributed by atoms with Crippen LogP contribution < -0.4 is 21.1 Å². The average molecular weight is 483 g/mol. The Labute approximate surface area is 200 Å². The molecule has 4 amide bonds. The van der Waals surface area contributed by atoms with E-state index in [0.29, 0.717) is 27.6 Å². The number of anilines is 1. The molecular weight excluding hydrogens is 460 g/mol. The Morgan fingerprint density at radius 1 is 1.15 bits per heavy atom. The van der Waals surface area contributed by atoms with Gasteiger partial charge in [-0.1, -0.05) is 29.8 Å². The van der Waals surface area contributed by atoms with Crippen LogP contribution in [0.2, 0.25) is 5.02 Å². The fourth-order valence-corrected chi connectivity index (χ4v) is 5.67. The van der Waals surface area contributed by atoms with Crippen LogP contribution in [0, 0.1) is 18.8 Å². The number of nitrogens with two attached hydrogens (primary N) is 1. The highest BCUT2D eigenvalue weighted by Crippen LogP contribution is 2.54. The lowest BCUT2D eigenvalue weighted by Gasteiger charge is -2.29. The van der Waals surface area contributed by atoms with Gasteiger partial charge in [0.2, 0.25) is 23.6 Å². The number of primary amides is 1. The molecule has 2 fully saturated rings. The zero-order valence-electron chi connectivity index (χ0n) is 18.6. The number of ether oxygens (including phenoxy) is 1. The molecule has 176 valence electrons. The number of amides is 4. The smallest absolute Gasteiger partial charge is 0.250 e. The maximum Gasteiger partial charge on any atom is 0.250 e. The van der Waals surface area contributed by atoms with Gasteiger partial charge in [-0.15, -0.1) is 0 Å². The van der Waals surface area contributed by atoms with Crippen LogP contribution in [-0.4, -0.2) is 41.7 Å². The second kappa shape index (κ2) is 7.82. The molecule has 0 bridgehead atoms. The van der Waals surface area contributed by atoms with E-state index in [9.17, 15) is 19.2 Å². The van der Waals surface area contributed by atoms with Crippen LogP contribution in [0.5, 0.6) is 5.75 Å². The summed E-state index contributed by atoms with van der Waals surface area (Å²) in [5.74, 6) is -3.28. The van der Waals surface area contributed by atoms with E-state index in [4.69, 9.17) is 22.1 Å². The van der Waals surface area contributed by atoms with Crippen molar-refractivity contribution in [2.24, 2.45) is 17.6 Å². The largest absolute Gasteiger partial charge is 0.497 e. The lowest BCUT2D eigenvalue weighted by Crippen LogP contribution is -2.53. The molecule has 9 nitrogen and oxygen atoms in total. The summed E-state index contributed by atoms with van der Waals surface area (Å²) in [6.45, 7) is 1.81. The van der Waals surface area contributed by atoms with E-state index in [2.05, 4.69) is 10.6 Å². The van der Waals surface area contributed by atoms with Crippen LogP contribution in [0.1, 0.15) is 23.1 Å². The van der Waals surface area contributed by atoms with Crippen molar-refractivity contribution < 1.29 is 23.9 Å². The summed E-state index contributed by atoms with van der Waals surface area (Å²) in [7, 11) is 1.55. The molecule has 10 heteroatoms. The van der Waals surface area contributed by atoms with E-state index >= 15 is 0 Å². The van der Waals surface area contributed by atoms with E-state index in [0.717, 1.165) is 5.56 Å². The van der Waals surface area contributed by atoms with E-state index in [-0.39, 0.29) is 13.0 Å². The summed E-state index contributed by atoms with van der Waals surface area (Å²) in [6.07, 6.45) is -0.187. The second-order valence-corrected chi connectivity index (χ2v) is 9.30. The molecule has 2 aromatic rings. The molecule has 3 aliphatic heterocycles. The second-order valence-electron chi connectivity index (χ2n) is 8.89. The lowest BCUT2D eigenvalue weighted by atomic mass is 9.76. The topological polar surface area (TPSA) is 131 Å². The average Bonchev–Trinajstić information content (AvgIpc) is 3.37. The molecule has 4 atom stereocenters. The molecular formula is C24H23ClN4O5. The zero-order valence-corrected chi connectivity index (χ0v) is 19.3. The van der Waals surface area contributed by atoms with Gasteiger partial charge < -0.3 is 15.8 Å². The molecule has 2 saturated heterocycles. The highest BCUT2D eigenvalue weighted by molar-refractivity contribution is 6.32. The maximum absolute atomic E-state index is 13.7. The van der Waals surface area contributed by atoms with Crippen LogP contribution in [0.3, 0.4) is 0 Å². The van der Waals surface area contributed by atoms with Gasteiger partial charge in [0.25, 0.3) is 0 Å². The molecule has 0 saturated carbocycles. The zero-order chi connectivity index (χ0) is 24.4. The van der Waals surface area contributed by atoms with Crippen molar-refractivity contribution in [1.82, 2.24) is 10.2 Å². The van der Waals surface area contributed by atoms with E-state index in [1.807, 2.05) is 0 Å². The van der Waals surface area contributed by atoms with Crippen LogP contribution >= 0.6 is 11.6 Å². The fourth-order valence-electron chi connectivity index (χ4n) is 5.51. The number of benzene rings is 2. The van der Waals surface area contributed by atoms with Gasteiger partial charge >= 0.3 is 0 Å². The molecule has 3 heterocycles. The van der Waals surface area contributed by atoms with Gasteiger partial charge in [-0.3, -0.25) is 29.4 Å². The van der Waals surface area contributed by atoms with Crippen molar-refractivity contribution >= 4 is 40.9 Å². The Morgan fingerprint density at radius 3 is 2.50 bits per heavy atom. The summed E-state index contributed by atoms with van der Waals surface area (Å²) in [6, 6.07) is 9.60. The lowest BCUT2D eigenvalue weighted by molar-refractivity contribution is -0.143. The molecule has 5 rings (SSSR count). The molecule has 34 heavy (non-hydrogen) atoms. The number of nitrogens with one attached hydrogen (secondary N) is 2. The first-order valence-electron chi connectivity index (χ1n) is 10.8. The van der Waals surface area contributed by atoms with Crippen molar-refractivity contribution in [1.29, 1.82) is 0 Å². The number of nitrogens with zero attached hydrogens (tertiary/aromatic N) is 1. The Balaban J connectivity index is 1.59. The molecule has 4 N–H and O–H groups in total. The van der Waals surface area contributed by atoms with Crippen molar-refractivity contribution in [3.8, 4) is 5.75 Å². The van der Waals surface area contributed by atoms with Gasteiger partial charge in [-0.2, -0.15) is 0 Å². The van der Waals surface area contributed by atoms with Crippen LogP contribution in [-0.2, 0) is 31.3 Å². The third-order valence-corrected chi connectivity index (χ3v) is 7.51. The first kappa shape index (κ1) is 22.4. The van der Waals surface area contributed by atoms with Crippen LogP contribution in [0.15, 0.2) is 36.4 Å². The van der Waals surface area contributed by atoms with Gasteiger partial charge in [0, 0.05) is 23.0 Å². The van der Waals surface area contributed by atoms with E-state index in [1.54, 1.807) is 50.4 Å². The molecule has 2 aromatic carbocycles. The number of carbonyl (C=O) groups is 4.